The van der Waals surface area contributed by atoms with Crippen LogP contribution in [0.2, 0.25) is 0 Å². The Hall–Kier alpha value is -1.40. The lowest BCUT2D eigenvalue weighted by Gasteiger charge is -2.24. The number of nitrogens with one attached hydrogen (secondary N) is 1. The Bertz CT molecular complexity index is 592. The summed E-state index contributed by atoms with van der Waals surface area (Å²) in [6.45, 7) is 9.53. The van der Waals surface area contributed by atoms with Gasteiger partial charge in [-0.25, -0.2) is 0 Å². The van der Waals surface area contributed by atoms with Gasteiger partial charge in [-0.3, -0.25) is 9.48 Å². The molecule has 1 aromatic rings. The van der Waals surface area contributed by atoms with Crippen LogP contribution in [-0.4, -0.2) is 52.9 Å². The van der Waals surface area contributed by atoms with Crippen molar-refractivity contribution >= 4 is 5.91 Å². The lowest BCUT2D eigenvalue weighted by atomic mass is 9.93. The zero-order chi connectivity index (χ0) is 17.3. The van der Waals surface area contributed by atoms with E-state index >= 15 is 0 Å². The summed E-state index contributed by atoms with van der Waals surface area (Å²) in [5.74, 6) is 0.622. The zero-order valence-electron chi connectivity index (χ0n) is 15.3. The second-order valence-corrected chi connectivity index (χ2v) is 7.21. The smallest absolute Gasteiger partial charge is 0.239 e. The fourth-order valence-corrected chi connectivity index (χ4v) is 3.99. The number of ether oxygens (including phenoxy) is 1. The van der Waals surface area contributed by atoms with Crippen molar-refractivity contribution in [2.45, 2.75) is 52.2 Å². The molecule has 1 N–H and O–H groups in total. The van der Waals surface area contributed by atoms with Crippen molar-refractivity contribution in [2.24, 2.45) is 13.0 Å². The summed E-state index contributed by atoms with van der Waals surface area (Å²) in [5.41, 5.74) is 3.44. The molecule has 2 aliphatic heterocycles. The molecule has 0 aliphatic carbocycles. The Morgan fingerprint density at radius 1 is 1.38 bits per heavy atom. The predicted molar refractivity (Wildman–Crippen MR) is 92.8 cm³/mol. The number of carbonyl (C=O) groups is 1. The van der Waals surface area contributed by atoms with Gasteiger partial charge in [-0.15, -0.1) is 0 Å². The van der Waals surface area contributed by atoms with E-state index in [0.29, 0.717) is 5.92 Å². The topological polar surface area (TPSA) is 59.4 Å². The van der Waals surface area contributed by atoms with E-state index in [2.05, 4.69) is 17.3 Å². The van der Waals surface area contributed by atoms with Crippen molar-refractivity contribution in [3.05, 3.63) is 17.0 Å². The summed E-state index contributed by atoms with van der Waals surface area (Å²) in [6.07, 6.45) is 3.38. The number of nitrogens with zero attached hydrogens (tertiary/aromatic N) is 3. The monoisotopic (exact) mass is 334 g/mol. The third-order valence-electron chi connectivity index (χ3n) is 5.54. The maximum atomic E-state index is 12.4. The van der Waals surface area contributed by atoms with Crippen molar-refractivity contribution in [2.75, 3.05) is 26.2 Å². The van der Waals surface area contributed by atoms with Crippen molar-refractivity contribution in [1.29, 1.82) is 0 Å². The molecule has 0 aromatic carbocycles. The minimum absolute atomic E-state index is 0.0836. The molecule has 3 heterocycles. The molecule has 24 heavy (non-hydrogen) atoms. The molecular weight excluding hydrogens is 304 g/mol. The molecule has 6 heteroatoms. The van der Waals surface area contributed by atoms with Crippen LogP contribution < -0.4 is 5.32 Å². The van der Waals surface area contributed by atoms with Gasteiger partial charge in [-0.1, -0.05) is 0 Å². The second-order valence-electron chi connectivity index (χ2n) is 7.21. The predicted octanol–water partition coefficient (Wildman–Crippen LogP) is 1.72. The average Bonchev–Trinajstić information content (AvgIpc) is 3.27. The van der Waals surface area contributed by atoms with Crippen LogP contribution in [0.1, 0.15) is 49.2 Å². The molecule has 134 valence electrons. The summed E-state index contributed by atoms with van der Waals surface area (Å²) in [6, 6.07) is -0.125. The van der Waals surface area contributed by atoms with E-state index in [1.165, 1.54) is 11.3 Å². The van der Waals surface area contributed by atoms with Crippen LogP contribution in [-0.2, 0) is 16.6 Å². The van der Waals surface area contributed by atoms with Crippen LogP contribution in [0, 0.1) is 19.8 Å². The van der Waals surface area contributed by atoms with Crippen LogP contribution in [0.4, 0.5) is 0 Å². The molecule has 2 fully saturated rings. The summed E-state index contributed by atoms with van der Waals surface area (Å²) in [5, 5.41) is 7.97. The fraction of sp³-hybridized carbons (Fsp3) is 0.778. The highest BCUT2D eigenvalue weighted by Crippen LogP contribution is 2.37. The summed E-state index contributed by atoms with van der Waals surface area (Å²) < 4.78 is 7.96. The fourth-order valence-electron chi connectivity index (χ4n) is 3.99. The van der Waals surface area contributed by atoms with E-state index in [4.69, 9.17) is 4.74 Å². The molecule has 0 unspecified atom stereocenters. The lowest BCUT2D eigenvalue weighted by molar-refractivity contribution is -0.132. The first-order valence-corrected chi connectivity index (χ1v) is 9.13. The standard InChI is InChI=1S/C18H30N4O2/c1-12-16(14(3)21(4)20-12)17-15(7-10-24-17)11-19-13(2)18(23)22-8-5-6-9-22/h13,15,17,19H,5-11H2,1-4H3/t13-,15-,17-/m1/s1. The maximum Gasteiger partial charge on any atom is 0.239 e. The van der Waals surface area contributed by atoms with Gasteiger partial charge >= 0.3 is 0 Å². The number of amides is 1. The Labute approximate surface area is 144 Å². The molecule has 2 saturated heterocycles. The van der Waals surface area contributed by atoms with Crippen LogP contribution in [0.5, 0.6) is 0 Å². The summed E-state index contributed by atoms with van der Waals surface area (Å²) in [7, 11) is 1.98. The number of likely N-dealkylation sites (tertiary alicyclic amines) is 1. The Morgan fingerprint density at radius 3 is 2.71 bits per heavy atom. The zero-order valence-corrected chi connectivity index (χ0v) is 15.3. The van der Waals surface area contributed by atoms with Crippen molar-refractivity contribution in [3.8, 4) is 0 Å². The Balaban J connectivity index is 1.61. The summed E-state index contributed by atoms with van der Waals surface area (Å²) in [4.78, 5) is 14.4. The van der Waals surface area contributed by atoms with Gasteiger partial charge in [0.1, 0.15) is 0 Å². The summed E-state index contributed by atoms with van der Waals surface area (Å²) >= 11 is 0. The first-order chi connectivity index (χ1) is 11.5. The maximum absolute atomic E-state index is 12.4. The van der Waals surface area contributed by atoms with Crippen LogP contribution >= 0.6 is 0 Å². The van der Waals surface area contributed by atoms with E-state index < -0.39 is 0 Å². The van der Waals surface area contributed by atoms with Gasteiger partial charge in [0, 0.05) is 50.5 Å². The highest BCUT2D eigenvalue weighted by molar-refractivity contribution is 5.81. The van der Waals surface area contributed by atoms with Gasteiger partial charge in [0.15, 0.2) is 0 Å². The highest BCUT2D eigenvalue weighted by Gasteiger charge is 2.34. The Morgan fingerprint density at radius 2 is 2.08 bits per heavy atom. The molecule has 3 rings (SSSR count). The normalized spacial score (nSPS) is 25.4. The highest BCUT2D eigenvalue weighted by atomic mass is 16.5. The third kappa shape index (κ3) is 3.35. The van der Waals surface area contributed by atoms with Gasteiger partial charge in [0.2, 0.25) is 5.91 Å². The number of hydrogen-bond acceptors (Lipinski definition) is 4. The second kappa shape index (κ2) is 7.23. The first kappa shape index (κ1) is 17.4. The first-order valence-electron chi connectivity index (χ1n) is 9.13. The number of aryl methyl sites for hydroxylation is 2. The van der Waals surface area contributed by atoms with Gasteiger partial charge in [-0.05, 0) is 40.0 Å². The molecule has 2 aliphatic rings. The molecule has 0 spiro atoms. The molecular formula is C18H30N4O2. The third-order valence-corrected chi connectivity index (χ3v) is 5.54. The molecule has 1 amide bonds. The minimum atomic E-state index is -0.125. The van der Waals surface area contributed by atoms with Crippen molar-refractivity contribution in [1.82, 2.24) is 20.0 Å². The number of aromatic nitrogens is 2. The van der Waals surface area contributed by atoms with E-state index in [1.54, 1.807) is 0 Å². The van der Waals surface area contributed by atoms with Gasteiger partial charge in [0.05, 0.1) is 17.8 Å². The number of carbonyl (C=O) groups excluding carboxylic acids is 1. The van der Waals surface area contributed by atoms with Crippen molar-refractivity contribution < 1.29 is 9.53 Å². The molecule has 6 nitrogen and oxygen atoms in total. The van der Waals surface area contributed by atoms with Crippen LogP contribution in [0.15, 0.2) is 0 Å². The molecule has 1 aromatic heterocycles. The average molecular weight is 334 g/mol. The van der Waals surface area contributed by atoms with Crippen LogP contribution in [0.3, 0.4) is 0 Å². The van der Waals surface area contributed by atoms with Gasteiger partial charge < -0.3 is 15.0 Å². The van der Waals surface area contributed by atoms with Crippen LogP contribution in [0.25, 0.3) is 0 Å². The quantitative estimate of drug-likeness (QED) is 0.891. The molecule has 0 bridgehead atoms. The molecule has 3 atom stereocenters. The SMILES string of the molecule is Cc1nn(C)c(C)c1[C@@H]1OCC[C@@H]1CN[C@H](C)C(=O)N1CCCC1. The largest absolute Gasteiger partial charge is 0.373 e. The number of rotatable bonds is 5. The minimum Gasteiger partial charge on any atom is -0.373 e. The van der Waals surface area contributed by atoms with E-state index in [-0.39, 0.29) is 18.1 Å². The molecule has 0 radical (unpaired) electrons. The molecule has 0 saturated carbocycles. The number of hydrogen-bond donors (Lipinski definition) is 1. The van der Waals surface area contributed by atoms with Gasteiger partial charge in [-0.2, -0.15) is 5.10 Å². The van der Waals surface area contributed by atoms with E-state index in [0.717, 1.165) is 51.2 Å². The van der Waals surface area contributed by atoms with E-state index in [1.807, 2.05) is 30.5 Å². The van der Waals surface area contributed by atoms with Crippen molar-refractivity contribution in [3.63, 3.8) is 0 Å². The Kier molecular flexibility index (Phi) is 5.25. The van der Waals surface area contributed by atoms with Gasteiger partial charge in [0.25, 0.3) is 0 Å². The van der Waals surface area contributed by atoms with E-state index in [9.17, 15) is 4.79 Å². The lowest BCUT2D eigenvalue weighted by Crippen LogP contribution is -2.45.